The SMILES string of the molecule is CCC1CCN(C(=O)CCc2ccccc2N)CC1.Cl. The molecule has 1 saturated heterocycles. The number of nitrogens with two attached hydrogens (primary N) is 1. The van der Waals surface area contributed by atoms with Crippen LogP contribution in [-0.2, 0) is 11.2 Å². The molecular weight excluding hydrogens is 272 g/mol. The van der Waals surface area contributed by atoms with Gasteiger partial charge in [0.15, 0.2) is 0 Å². The highest BCUT2D eigenvalue weighted by atomic mass is 35.5. The number of para-hydroxylation sites is 1. The van der Waals surface area contributed by atoms with Gasteiger partial charge < -0.3 is 10.6 Å². The molecule has 0 bridgehead atoms. The molecule has 0 atom stereocenters. The predicted octanol–water partition coefficient (Wildman–Crippen LogP) is 3.27. The maximum absolute atomic E-state index is 12.2. The number of aryl methyl sites for hydroxylation is 1. The van der Waals surface area contributed by atoms with Crippen LogP contribution in [0.4, 0.5) is 5.69 Å². The number of hydrogen-bond acceptors (Lipinski definition) is 2. The fourth-order valence-electron chi connectivity index (χ4n) is 2.75. The lowest BCUT2D eigenvalue weighted by atomic mass is 9.94. The van der Waals surface area contributed by atoms with Gasteiger partial charge in [0, 0.05) is 25.2 Å². The van der Waals surface area contributed by atoms with Crippen molar-refractivity contribution in [2.45, 2.75) is 39.0 Å². The number of benzene rings is 1. The van der Waals surface area contributed by atoms with Crippen LogP contribution in [0.25, 0.3) is 0 Å². The number of carbonyl (C=O) groups excluding carboxylic acids is 1. The van der Waals surface area contributed by atoms with Crippen molar-refractivity contribution in [1.82, 2.24) is 4.90 Å². The van der Waals surface area contributed by atoms with Gasteiger partial charge in [0.25, 0.3) is 0 Å². The highest BCUT2D eigenvalue weighted by Gasteiger charge is 2.21. The monoisotopic (exact) mass is 296 g/mol. The number of rotatable bonds is 4. The summed E-state index contributed by atoms with van der Waals surface area (Å²) in [6.07, 6.45) is 4.89. The van der Waals surface area contributed by atoms with E-state index in [1.807, 2.05) is 29.2 Å². The van der Waals surface area contributed by atoms with Crippen LogP contribution in [0.3, 0.4) is 0 Å². The summed E-state index contributed by atoms with van der Waals surface area (Å²) in [6.45, 7) is 4.10. The Morgan fingerprint density at radius 2 is 1.95 bits per heavy atom. The van der Waals surface area contributed by atoms with Crippen molar-refractivity contribution in [3.8, 4) is 0 Å². The van der Waals surface area contributed by atoms with Crippen molar-refractivity contribution < 1.29 is 4.79 Å². The molecule has 2 rings (SSSR count). The zero-order valence-electron chi connectivity index (χ0n) is 12.2. The van der Waals surface area contributed by atoms with Crippen LogP contribution < -0.4 is 5.73 Å². The summed E-state index contributed by atoms with van der Waals surface area (Å²) in [7, 11) is 0. The number of piperidine rings is 1. The third-order valence-electron chi connectivity index (χ3n) is 4.21. The molecule has 1 heterocycles. The van der Waals surface area contributed by atoms with E-state index < -0.39 is 0 Å². The molecular formula is C16H25ClN2O. The Morgan fingerprint density at radius 3 is 2.55 bits per heavy atom. The van der Waals surface area contributed by atoms with E-state index in [2.05, 4.69) is 6.92 Å². The van der Waals surface area contributed by atoms with Crippen molar-refractivity contribution in [3.05, 3.63) is 29.8 Å². The van der Waals surface area contributed by atoms with Gasteiger partial charge in [-0.05, 0) is 36.8 Å². The van der Waals surface area contributed by atoms with Crippen LogP contribution in [0.2, 0.25) is 0 Å². The van der Waals surface area contributed by atoms with Crippen molar-refractivity contribution >= 4 is 24.0 Å². The molecule has 2 N–H and O–H groups in total. The summed E-state index contributed by atoms with van der Waals surface area (Å²) in [5.74, 6) is 1.09. The molecule has 0 unspecified atom stereocenters. The van der Waals surface area contributed by atoms with Crippen molar-refractivity contribution in [2.24, 2.45) is 5.92 Å². The van der Waals surface area contributed by atoms with Crippen molar-refractivity contribution in [1.29, 1.82) is 0 Å². The summed E-state index contributed by atoms with van der Waals surface area (Å²) < 4.78 is 0. The van der Waals surface area contributed by atoms with Crippen LogP contribution in [0.5, 0.6) is 0 Å². The van der Waals surface area contributed by atoms with Gasteiger partial charge in [-0.1, -0.05) is 31.5 Å². The minimum atomic E-state index is 0. The second-order valence-corrected chi connectivity index (χ2v) is 5.43. The molecule has 4 heteroatoms. The fraction of sp³-hybridized carbons (Fsp3) is 0.562. The second-order valence-electron chi connectivity index (χ2n) is 5.43. The highest BCUT2D eigenvalue weighted by molar-refractivity contribution is 5.85. The topological polar surface area (TPSA) is 46.3 Å². The second kappa shape index (κ2) is 8.15. The number of likely N-dealkylation sites (tertiary alicyclic amines) is 1. The molecule has 1 aliphatic rings. The minimum Gasteiger partial charge on any atom is -0.399 e. The Balaban J connectivity index is 0.00000200. The lowest BCUT2D eigenvalue weighted by Gasteiger charge is -2.31. The van der Waals surface area contributed by atoms with Crippen LogP contribution in [0.1, 0.15) is 38.2 Å². The van der Waals surface area contributed by atoms with E-state index in [1.165, 1.54) is 6.42 Å². The first-order chi connectivity index (χ1) is 9.20. The zero-order valence-corrected chi connectivity index (χ0v) is 13.0. The average Bonchev–Trinajstić information content (AvgIpc) is 2.46. The number of halogens is 1. The number of nitrogen functional groups attached to an aromatic ring is 1. The van der Waals surface area contributed by atoms with Crippen LogP contribution in [-0.4, -0.2) is 23.9 Å². The molecule has 0 saturated carbocycles. The maximum Gasteiger partial charge on any atom is 0.222 e. The van der Waals surface area contributed by atoms with E-state index in [9.17, 15) is 4.79 Å². The third kappa shape index (κ3) is 4.41. The van der Waals surface area contributed by atoms with Gasteiger partial charge in [-0.25, -0.2) is 0 Å². The zero-order chi connectivity index (χ0) is 13.7. The molecule has 0 aliphatic carbocycles. The smallest absolute Gasteiger partial charge is 0.222 e. The van der Waals surface area contributed by atoms with E-state index in [0.29, 0.717) is 6.42 Å². The Bertz CT molecular complexity index is 428. The number of hydrogen-bond donors (Lipinski definition) is 1. The molecule has 1 aliphatic heterocycles. The predicted molar refractivity (Wildman–Crippen MR) is 86.0 cm³/mol. The number of anilines is 1. The van der Waals surface area contributed by atoms with Gasteiger partial charge in [0.2, 0.25) is 5.91 Å². The molecule has 3 nitrogen and oxygen atoms in total. The number of amides is 1. The largest absolute Gasteiger partial charge is 0.399 e. The van der Waals surface area contributed by atoms with E-state index in [4.69, 9.17) is 5.73 Å². The van der Waals surface area contributed by atoms with E-state index in [0.717, 1.165) is 49.5 Å². The van der Waals surface area contributed by atoms with Crippen LogP contribution in [0, 0.1) is 5.92 Å². The molecule has 1 amide bonds. The van der Waals surface area contributed by atoms with E-state index in [-0.39, 0.29) is 18.3 Å². The van der Waals surface area contributed by atoms with Crippen molar-refractivity contribution in [3.63, 3.8) is 0 Å². The van der Waals surface area contributed by atoms with Gasteiger partial charge in [-0.15, -0.1) is 12.4 Å². The molecule has 1 fully saturated rings. The lowest BCUT2D eigenvalue weighted by molar-refractivity contribution is -0.132. The summed E-state index contributed by atoms with van der Waals surface area (Å²) in [5.41, 5.74) is 7.77. The van der Waals surface area contributed by atoms with Gasteiger partial charge in [-0.3, -0.25) is 4.79 Å². The van der Waals surface area contributed by atoms with Crippen LogP contribution >= 0.6 is 12.4 Å². The molecule has 0 aromatic heterocycles. The summed E-state index contributed by atoms with van der Waals surface area (Å²) in [4.78, 5) is 14.2. The summed E-state index contributed by atoms with van der Waals surface area (Å²) in [6, 6.07) is 7.80. The maximum atomic E-state index is 12.2. The normalized spacial score (nSPS) is 15.8. The first-order valence-electron chi connectivity index (χ1n) is 7.32. The average molecular weight is 297 g/mol. The third-order valence-corrected chi connectivity index (χ3v) is 4.21. The Hall–Kier alpha value is -1.22. The first-order valence-corrected chi connectivity index (χ1v) is 7.32. The van der Waals surface area contributed by atoms with E-state index >= 15 is 0 Å². The fourth-order valence-corrected chi connectivity index (χ4v) is 2.75. The first kappa shape index (κ1) is 16.8. The molecule has 0 radical (unpaired) electrons. The summed E-state index contributed by atoms with van der Waals surface area (Å²) >= 11 is 0. The molecule has 0 spiro atoms. The van der Waals surface area contributed by atoms with Crippen LogP contribution in [0.15, 0.2) is 24.3 Å². The Labute approximate surface area is 127 Å². The number of nitrogens with zero attached hydrogens (tertiary/aromatic N) is 1. The summed E-state index contributed by atoms with van der Waals surface area (Å²) in [5, 5.41) is 0. The molecule has 20 heavy (non-hydrogen) atoms. The highest BCUT2D eigenvalue weighted by Crippen LogP contribution is 2.21. The van der Waals surface area contributed by atoms with Gasteiger partial charge in [0.1, 0.15) is 0 Å². The van der Waals surface area contributed by atoms with Gasteiger partial charge in [-0.2, -0.15) is 0 Å². The number of carbonyl (C=O) groups is 1. The molecule has 1 aromatic carbocycles. The molecule has 112 valence electrons. The van der Waals surface area contributed by atoms with Crippen molar-refractivity contribution in [2.75, 3.05) is 18.8 Å². The minimum absolute atomic E-state index is 0. The standard InChI is InChI=1S/C16H24N2O.ClH/c1-2-13-9-11-18(12-10-13)16(19)8-7-14-5-3-4-6-15(14)17;/h3-6,13H,2,7-12,17H2,1H3;1H. The lowest BCUT2D eigenvalue weighted by Crippen LogP contribution is -2.38. The van der Waals surface area contributed by atoms with E-state index in [1.54, 1.807) is 0 Å². The molecule has 1 aromatic rings. The Kier molecular flexibility index (Phi) is 6.86. The van der Waals surface area contributed by atoms with Gasteiger partial charge in [0.05, 0.1) is 0 Å². The van der Waals surface area contributed by atoms with Gasteiger partial charge >= 0.3 is 0 Å². The quantitative estimate of drug-likeness (QED) is 0.867. The Morgan fingerprint density at radius 1 is 1.30 bits per heavy atom.